The third kappa shape index (κ3) is 7.36. The van der Waals surface area contributed by atoms with Crippen molar-refractivity contribution in [3.63, 3.8) is 0 Å². The SMILES string of the molecule is COC(=O)[C@H](C[C@@H]1CCCNC1=O)N(C(=O)CNC(=O)OC(C)(C)C)C(C)C. The lowest BCUT2D eigenvalue weighted by Gasteiger charge is -2.35. The van der Waals surface area contributed by atoms with Crippen molar-refractivity contribution in [1.82, 2.24) is 15.5 Å². The second-order valence-corrected chi connectivity index (χ2v) is 8.16. The molecule has 0 aromatic rings. The molecule has 2 atom stereocenters. The minimum atomic E-state index is -0.910. The zero-order chi connectivity index (χ0) is 21.5. The lowest BCUT2D eigenvalue weighted by atomic mass is 9.90. The van der Waals surface area contributed by atoms with Crippen LogP contribution in [0.15, 0.2) is 0 Å². The van der Waals surface area contributed by atoms with Gasteiger partial charge >= 0.3 is 12.1 Å². The molecule has 1 aliphatic heterocycles. The number of esters is 1. The molecule has 3 amide bonds. The molecule has 1 saturated heterocycles. The van der Waals surface area contributed by atoms with E-state index in [1.807, 2.05) is 0 Å². The van der Waals surface area contributed by atoms with Gasteiger partial charge < -0.3 is 25.0 Å². The summed E-state index contributed by atoms with van der Waals surface area (Å²) in [5, 5.41) is 5.20. The van der Waals surface area contributed by atoms with Gasteiger partial charge in [-0.25, -0.2) is 9.59 Å². The van der Waals surface area contributed by atoms with Gasteiger partial charge in [0.15, 0.2) is 0 Å². The summed E-state index contributed by atoms with van der Waals surface area (Å²) in [5.41, 5.74) is -0.687. The van der Waals surface area contributed by atoms with Gasteiger partial charge in [-0.15, -0.1) is 0 Å². The Morgan fingerprint density at radius 1 is 1.29 bits per heavy atom. The smallest absolute Gasteiger partial charge is 0.408 e. The fourth-order valence-electron chi connectivity index (χ4n) is 3.16. The molecule has 0 bridgehead atoms. The molecule has 0 aromatic heterocycles. The van der Waals surface area contributed by atoms with E-state index in [0.717, 1.165) is 6.42 Å². The van der Waals surface area contributed by atoms with Crippen molar-refractivity contribution in [1.29, 1.82) is 0 Å². The number of methoxy groups -OCH3 is 1. The van der Waals surface area contributed by atoms with Gasteiger partial charge in [0.05, 0.1) is 7.11 Å². The van der Waals surface area contributed by atoms with Crippen LogP contribution in [0.2, 0.25) is 0 Å². The average Bonchev–Trinajstić information content (AvgIpc) is 2.58. The predicted octanol–water partition coefficient (Wildman–Crippen LogP) is 1.21. The highest BCUT2D eigenvalue weighted by Crippen LogP contribution is 2.22. The van der Waals surface area contributed by atoms with Crippen LogP contribution in [0.1, 0.15) is 53.9 Å². The first-order valence-electron chi connectivity index (χ1n) is 9.59. The molecule has 9 nitrogen and oxygen atoms in total. The molecule has 1 rings (SSSR count). The molecule has 0 aliphatic carbocycles. The molecule has 0 radical (unpaired) electrons. The van der Waals surface area contributed by atoms with Crippen LogP contribution >= 0.6 is 0 Å². The van der Waals surface area contributed by atoms with Crippen LogP contribution in [-0.2, 0) is 23.9 Å². The van der Waals surface area contributed by atoms with Gasteiger partial charge in [-0.3, -0.25) is 9.59 Å². The summed E-state index contributed by atoms with van der Waals surface area (Å²) >= 11 is 0. The molecule has 0 spiro atoms. The summed E-state index contributed by atoms with van der Waals surface area (Å²) in [6, 6.07) is -1.24. The Bertz CT molecular complexity index is 585. The van der Waals surface area contributed by atoms with E-state index in [-0.39, 0.29) is 30.8 Å². The first kappa shape index (κ1) is 23.7. The van der Waals surface area contributed by atoms with Gasteiger partial charge in [0, 0.05) is 18.5 Å². The van der Waals surface area contributed by atoms with Crippen LogP contribution in [-0.4, -0.2) is 66.7 Å². The third-order valence-electron chi connectivity index (χ3n) is 4.34. The highest BCUT2D eigenvalue weighted by Gasteiger charge is 2.37. The highest BCUT2D eigenvalue weighted by molar-refractivity contribution is 5.88. The Labute approximate surface area is 166 Å². The maximum Gasteiger partial charge on any atom is 0.408 e. The number of hydrogen-bond donors (Lipinski definition) is 2. The summed E-state index contributed by atoms with van der Waals surface area (Å²) in [6.45, 7) is 8.98. The van der Waals surface area contributed by atoms with Crippen LogP contribution in [0.5, 0.6) is 0 Å². The van der Waals surface area contributed by atoms with Crippen LogP contribution in [0.25, 0.3) is 0 Å². The van der Waals surface area contributed by atoms with Crippen molar-refractivity contribution in [2.45, 2.75) is 71.6 Å². The van der Waals surface area contributed by atoms with Crippen LogP contribution in [0.4, 0.5) is 4.79 Å². The van der Waals surface area contributed by atoms with E-state index in [2.05, 4.69) is 10.6 Å². The number of amides is 3. The lowest BCUT2D eigenvalue weighted by molar-refractivity contribution is -0.155. The Morgan fingerprint density at radius 2 is 1.93 bits per heavy atom. The summed E-state index contributed by atoms with van der Waals surface area (Å²) in [5.74, 6) is -1.53. The number of carbonyl (C=O) groups excluding carboxylic acids is 4. The molecule has 160 valence electrons. The molecular formula is C19H33N3O6. The van der Waals surface area contributed by atoms with Gasteiger partial charge in [-0.1, -0.05) is 0 Å². The van der Waals surface area contributed by atoms with Gasteiger partial charge in [0.1, 0.15) is 18.2 Å². The molecule has 0 aromatic carbocycles. The minimum absolute atomic E-state index is 0.122. The number of piperidine rings is 1. The second-order valence-electron chi connectivity index (χ2n) is 8.16. The number of nitrogens with one attached hydrogen (secondary N) is 2. The Hall–Kier alpha value is -2.32. The number of ether oxygens (including phenoxy) is 2. The van der Waals surface area contributed by atoms with E-state index in [1.54, 1.807) is 34.6 Å². The normalized spacial score (nSPS) is 18.1. The zero-order valence-corrected chi connectivity index (χ0v) is 17.7. The van der Waals surface area contributed by atoms with Crippen LogP contribution < -0.4 is 10.6 Å². The summed E-state index contributed by atoms with van der Waals surface area (Å²) in [7, 11) is 1.25. The van der Waals surface area contributed by atoms with Crippen molar-refractivity contribution >= 4 is 23.9 Å². The topological polar surface area (TPSA) is 114 Å². The Balaban J connectivity index is 2.89. The Kier molecular flexibility index (Phi) is 8.71. The highest BCUT2D eigenvalue weighted by atomic mass is 16.6. The monoisotopic (exact) mass is 399 g/mol. The second kappa shape index (κ2) is 10.3. The Morgan fingerprint density at radius 3 is 2.43 bits per heavy atom. The molecule has 9 heteroatoms. The molecule has 1 aliphatic rings. The zero-order valence-electron chi connectivity index (χ0n) is 17.7. The molecular weight excluding hydrogens is 366 g/mol. The first-order valence-corrected chi connectivity index (χ1v) is 9.59. The van der Waals surface area contributed by atoms with E-state index in [9.17, 15) is 19.2 Å². The summed E-state index contributed by atoms with van der Waals surface area (Å²) in [4.78, 5) is 50.5. The number of nitrogens with zero attached hydrogens (tertiary/aromatic N) is 1. The van der Waals surface area contributed by atoms with Crippen molar-refractivity contribution in [2.24, 2.45) is 5.92 Å². The standard InChI is InChI=1S/C19H33N3O6/c1-12(2)22(15(23)11-21-18(26)28-19(3,4)5)14(17(25)27-6)10-13-8-7-9-20-16(13)24/h12-14H,7-11H2,1-6H3,(H,20,24)(H,21,26)/t13-,14-/m0/s1. The van der Waals surface area contributed by atoms with E-state index < -0.39 is 29.6 Å². The fraction of sp³-hybridized carbons (Fsp3) is 0.789. The number of rotatable bonds is 7. The van der Waals surface area contributed by atoms with Crippen LogP contribution in [0.3, 0.4) is 0 Å². The van der Waals surface area contributed by atoms with E-state index in [4.69, 9.17) is 9.47 Å². The maximum atomic E-state index is 12.8. The molecule has 1 fully saturated rings. The largest absolute Gasteiger partial charge is 0.467 e. The van der Waals surface area contributed by atoms with Crippen molar-refractivity contribution in [3.05, 3.63) is 0 Å². The van der Waals surface area contributed by atoms with Gasteiger partial charge in [0.2, 0.25) is 11.8 Å². The molecule has 2 N–H and O–H groups in total. The maximum absolute atomic E-state index is 12.8. The van der Waals surface area contributed by atoms with E-state index >= 15 is 0 Å². The first-order chi connectivity index (χ1) is 13.0. The number of alkyl carbamates (subject to hydrolysis) is 1. The third-order valence-corrected chi connectivity index (χ3v) is 4.34. The molecule has 1 heterocycles. The van der Waals surface area contributed by atoms with Crippen LogP contribution in [0, 0.1) is 5.92 Å². The van der Waals surface area contributed by atoms with Crippen molar-refractivity contribution < 1.29 is 28.7 Å². The van der Waals surface area contributed by atoms with Crippen molar-refractivity contribution in [2.75, 3.05) is 20.2 Å². The molecule has 0 unspecified atom stereocenters. The fourth-order valence-corrected chi connectivity index (χ4v) is 3.16. The minimum Gasteiger partial charge on any atom is -0.467 e. The van der Waals surface area contributed by atoms with Gasteiger partial charge in [0.25, 0.3) is 0 Å². The van der Waals surface area contributed by atoms with Crippen molar-refractivity contribution in [3.8, 4) is 0 Å². The molecule has 0 saturated carbocycles. The lowest BCUT2D eigenvalue weighted by Crippen LogP contribution is -2.54. The predicted molar refractivity (Wildman–Crippen MR) is 102 cm³/mol. The quantitative estimate of drug-likeness (QED) is 0.622. The number of carbonyl (C=O) groups is 4. The van der Waals surface area contributed by atoms with Gasteiger partial charge in [-0.2, -0.15) is 0 Å². The molecule has 28 heavy (non-hydrogen) atoms. The average molecular weight is 399 g/mol. The van der Waals surface area contributed by atoms with E-state index in [0.29, 0.717) is 13.0 Å². The summed E-state index contributed by atoms with van der Waals surface area (Å²) in [6.07, 6.45) is 0.927. The van der Waals surface area contributed by atoms with E-state index in [1.165, 1.54) is 12.0 Å². The summed E-state index contributed by atoms with van der Waals surface area (Å²) < 4.78 is 10.0. The van der Waals surface area contributed by atoms with Gasteiger partial charge in [-0.05, 0) is 53.9 Å². The number of hydrogen-bond acceptors (Lipinski definition) is 6.